The number of nitrogens with two attached hydrogens (primary N) is 1. The minimum absolute atomic E-state index is 0.0868. The molecule has 1 saturated heterocycles. The fourth-order valence-corrected chi connectivity index (χ4v) is 2.20. The Balaban J connectivity index is 1.79. The highest BCUT2D eigenvalue weighted by atomic mass is 16.5. The van der Waals surface area contributed by atoms with Crippen molar-refractivity contribution in [2.75, 3.05) is 32.8 Å². The molecule has 5 nitrogen and oxygen atoms in total. The maximum Gasteiger partial charge on any atom is 0.237 e. The van der Waals surface area contributed by atoms with Gasteiger partial charge in [0.15, 0.2) is 0 Å². The second-order valence-corrected chi connectivity index (χ2v) is 4.88. The molecule has 1 fully saturated rings. The SMILES string of the molecule is CC1C(=O)NCCN1CCOc1ccc(C#CCN)cc1. The van der Waals surface area contributed by atoms with Crippen molar-refractivity contribution in [2.45, 2.75) is 13.0 Å². The Hall–Kier alpha value is -2.03. The normalized spacial score (nSPS) is 18.6. The molecule has 5 heteroatoms. The Morgan fingerprint density at radius 3 is 2.90 bits per heavy atom. The number of hydrogen-bond acceptors (Lipinski definition) is 4. The third kappa shape index (κ3) is 4.48. The highest BCUT2D eigenvalue weighted by molar-refractivity contribution is 5.81. The molecule has 0 saturated carbocycles. The standard InChI is InChI=1S/C16H21N3O2/c1-13-16(20)18-9-10-19(13)11-12-21-15-6-4-14(5-7-15)3-2-8-17/h4-7,13H,8-12,17H2,1H3,(H,18,20). The van der Waals surface area contributed by atoms with Gasteiger partial charge in [0.2, 0.25) is 5.91 Å². The summed E-state index contributed by atoms with van der Waals surface area (Å²) in [6.07, 6.45) is 0. The first-order chi connectivity index (χ1) is 10.2. The van der Waals surface area contributed by atoms with E-state index in [9.17, 15) is 4.79 Å². The Bertz CT molecular complexity index is 531. The minimum atomic E-state index is -0.0868. The number of hydrogen-bond donors (Lipinski definition) is 2. The topological polar surface area (TPSA) is 67.6 Å². The maximum absolute atomic E-state index is 11.5. The van der Waals surface area contributed by atoms with E-state index in [0.29, 0.717) is 19.7 Å². The van der Waals surface area contributed by atoms with Crippen LogP contribution < -0.4 is 15.8 Å². The molecule has 3 N–H and O–H groups in total. The van der Waals surface area contributed by atoms with Gasteiger partial charge in [0.1, 0.15) is 12.4 Å². The molecule has 0 spiro atoms. The summed E-state index contributed by atoms with van der Waals surface area (Å²) in [5.74, 6) is 6.67. The van der Waals surface area contributed by atoms with E-state index in [1.807, 2.05) is 31.2 Å². The number of nitrogens with zero attached hydrogens (tertiary/aromatic N) is 1. The van der Waals surface area contributed by atoms with Crippen molar-refractivity contribution >= 4 is 5.91 Å². The summed E-state index contributed by atoms with van der Waals surface area (Å²) in [5, 5.41) is 2.85. The van der Waals surface area contributed by atoms with Crippen molar-refractivity contribution in [2.24, 2.45) is 5.73 Å². The molecule has 1 amide bonds. The maximum atomic E-state index is 11.5. The predicted molar refractivity (Wildman–Crippen MR) is 81.9 cm³/mol. The molecule has 1 heterocycles. The largest absolute Gasteiger partial charge is 0.492 e. The Morgan fingerprint density at radius 1 is 1.43 bits per heavy atom. The number of benzene rings is 1. The Morgan fingerprint density at radius 2 is 2.19 bits per heavy atom. The summed E-state index contributed by atoms with van der Waals surface area (Å²) >= 11 is 0. The number of ether oxygens (including phenoxy) is 1. The molecule has 1 unspecified atom stereocenters. The summed E-state index contributed by atoms with van der Waals surface area (Å²) in [7, 11) is 0. The average Bonchev–Trinajstić information content (AvgIpc) is 2.51. The van der Waals surface area contributed by atoms with Crippen LogP contribution in [0.1, 0.15) is 12.5 Å². The van der Waals surface area contributed by atoms with Gasteiger partial charge in [-0.15, -0.1) is 0 Å². The van der Waals surface area contributed by atoms with E-state index < -0.39 is 0 Å². The van der Waals surface area contributed by atoms with Crippen molar-refractivity contribution in [3.05, 3.63) is 29.8 Å². The van der Waals surface area contributed by atoms with Gasteiger partial charge in [0, 0.05) is 25.2 Å². The van der Waals surface area contributed by atoms with Crippen LogP contribution in [0.4, 0.5) is 0 Å². The number of carbonyl (C=O) groups is 1. The number of nitrogens with one attached hydrogen (secondary N) is 1. The first-order valence-corrected chi connectivity index (χ1v) is 7.14. The van der Waals surface area contributed by atoms with Crippen LogP contribution in [0, 0.1) is 11.8 Å². The zero-order chi connectivity index (χ0) is 15.1. The summed E-state index contributed by atoms with van der Waals surface area (Å²) in [4.78, 5) is 13.7. The second-order valence-electron chi connectivity index (χ2n) is 4.88. The minimum Gasteiger partial charge on any atom is -0.492 e. The molecular formula is C16H21N3O2. The van der Waals surface area contributed by atoms with E-state index in [0.717, 1.165) is 24.4 Å². The lowest BCUT2D eigenvalue weighted by Gasteiger charge is -2.32. The molecule has 112 valence electrons. The average molecular weight is 287 g/mol. The zero-order valence-corrected chi connectivity index (χ0v) is 12.3. The second kappa shape index (κ2) is 7.67. The van der Waals surface area contributed by atoms with Crippen LogP contribution in [-0.2, 0) is 4.79 Å². The van der Waals surface area contributed by atoms with Crippen molar-refractivity contribution in [1.82, 2.24) is 10.2 Å². The number of carbonyl (C=O) groups excluding carboxylic acids is 1. The van der Waals surface area contributed by atoms with Crippen molar-refractivity contribution < 1.29 is 9.53 Å². The molecule has 0 radical (unpaired) electrons. The van der Waals surface area contributed by atoms with Crippen LogP contribution in [0.25, 0.3) is 0 Å². The lowest BCUT2D eigenvalue weighted by atomic mass is 10.2. The van der Waals surface area contributed by atoms with Gasteiger partial charge < -0.3 is 15.8 Å². The molecule has 1 aliphatic rings. The number of rotatable bonds is 4. The van der Waals surface area contributed by atoms with Gasteiger partial charge in [0.05, 0.1) is 12.6 Å². The van der Waals surface area contributed by atoms with Crippen LogP contribution in [0.5, 0.6) is 5.75 Å². The van der Waals surface area contributed by atoms with Gasteiger partial charge in [-0.2, -0.15) is 0 Å². The first-order valence-electron chi connectivity index (χ1n) is 7.14. The highest BCUT2D eigenvalue weighted by Gasteiger charge is 2.24. The van der Waals surface area contributed by atoms with E-state index in [2.05, 4.69) is 22.1 Å². The smallest absolute Gasteiger partial charge is 0.237 e. The molecule has 1 aliphatic heterocycles. The van der Waals surface area contributed by atoms with Crippen molar-refractivity contribution in [1.29, 1.82) is 0 Å². The van der Waals surface area contributed by atoms with Crippen molar-refractivity contribution in [3.63, 3.8) is 0 Å². The molecule has 0 aliphatic carbocycles. The predicted octanol–water partition coefficient (Wildman–Crippen LogP) is 0.196. The molecule has 21 heavy (non-hydrogen) atoms. The van der Waals surface area contributed by atoms with Crippen LogP contribution in [-0.4, -0.2) is 49.6 Å². The summed E-state index contributed by atoms with van der Waals surface area (Å²) < 4.78 is 5.71. The summed E-state index contributed by atoms with van der Waals surface area (Å²) in [6.45, 7) is 5.15. The first kappa shape index (κ1) is 15.4. The Kier molecular flexibility index (Phi) is 5.61. The van der Waals surface area contributed by atoms with E-state index in [1.54, 1.807) is 0 Å². The van der Waals surface area contributed by atoms with E-state index >= 15 is 0 Å². The monoisotopic (exact) mass is 287 g/mol. The number of piperazine rings is 1. The van der Waals surface area contributed by atoms with Gasteiger partial charge in [-0.25, -0.2) is 0 Å². The van der Waals surface area contributed by atoms with E-state index in [1.165, 1.54) is 0 Å². The lowest BCUT2D eigenvalue weighted by molar-refractivity contribution is -0.128. The fraction of sp³-hybridized carbons (Fsp3) is 0.438. The van der Waals surface area contributed by atoms with Crippen LogP contribution in [0.2, 0.25) is 0 Å². The third-order valence-electron chi connectivity index (χ3n) is 3.46. The molecule has 1 aromatic carbocycles. The molecule has 1 atom stereocenters. The van der Waals surface area contributed by atoms with E-state index in [4.69, 9.17) is 10.5 Å². The van der Waals surface area contributed by atoms with Gasteiger partial charge >= 0.3 is 0 Å². The summed E-state index contributed by atoms with van der Waals surface area (Å²) in [6, 6.07) is 7.53. The van der Waals surface area contributed by atoms with E-state index in [-0.39, 0.29) is 11.9 Å². The zero-order valence-electron chi connectivity index (χ0n) is 12.3. The van der Waals surface area contributed by atoms with Gasteiger partial charge in [-0.05, 0) is 31.2 Å². The molecule has 1 aromatic rings. The van der Waals surface area contributed by atoms with Gasteiger partial charge in [-0.1, -0.05) is 11.8 Å². The third-order valence-corrected chi connectivity index (χ3v) is 3.46. The fourth-order valence-electron chi connectivity index (χ4n) is 2.20. The van der Waals surface area contributed by atoms with Gasteiger partial charge in [-0.3, -0.25) is 9.69 Å². The lowest BCUT2D eigenvalue weighted by Crippen LogP contribution is -2.54. The van der Waals surface area contributed by atoms with Crippen LogP contribution >= 0.6 is 0 Å². The number of amides is 1. The van der Waals surface area contributed by atoms with Gasteiger partial charge in [0.25, 0.3) is 0 Å². The molecule has 0 bridgehead atoms. The van der Waals surface area contributed by atoms with Crippen LogP contribution in [0.15, 0.2) is 24.3 Å². The quantitative estimate of drug-likeness (QED) is 0.776. The molecule has 0 aromatic heterocycles. The highest BCUT2D eigenvalue weighted by Crippen LogP contribution is 2.12. The molecular weight excluding hydrogens is 266 g/mol. The van der Waals surface area contributed by atoms with Crippen LogP contribution in [0.3, 0.4) is 0 Å². The van der Waals surface area contributed by atoms with Crippen molar-refractivity contribution in [3.8, 4) is 17.6 Å². The summed E-state index contributed by atoms with van der Waals surface area (Å²) in [5.41, 5.74) is 6.26. The Labute approximate surface area is 125 Å². The molecule has 2 rings (SSSR count).